The second-order valence-electron chi connectivity index (χ2n) is 6.13. The quantitative estimate of drug-likeness (QED) is 0.487. The molecule has 0 atom stereocenters. The molecule has 0 unspecified atom stereocenters. The number of aromatic amines is 1. The molecule has 1 amide bonds. The van der Waals surface area contributed by atoms with E-state index in [0.29, 0.717) is 29.1 Å². The standard InChI is InChI=1S/C20H17N5O2/c21-15-4-1-2-5-16(15)23-19(26)14-9-7-13(8-10-14)12-25-17-6-3-11-22-18(17)24-20(25)27/h1-11H,12,21H2,(H,23,26)(H,22,24,27). The molecule has 0 aliphatic heterocycles. The highest BCUT2D eigenvalue weighted by molar-refractivity contribution is 6.05. The lowest BCUT2D eigenvalue weighted by molar-refractivity contribution is 0.102. The van der Waals surface area contributed by atoms with E-state index in [2.05, 4.69) is 15.3 Å². The molecule has 0 spiro atoms. The second kappa shape index (κ2) is 6.80. The van der Waals surface area contributed by atoms with E-state index in [1.165, 1.54) is 0 Å². The van der Waals surface area contributed by atoms with Crippen molar-refractivity contribution in [1.82, 2.24) is 14.5 Å². The number of imidazole rings is 1. The lowest BCUT2D eigenvalue weighted by atomic mass is 10.1. The number of benzene rings is 2. The first-order valence-electron chi connectivity index (χ1n) is 8.40. The van der Waals surface area contributed by atoms with Gasteiger partial charge in [0.25, 0.3) is 5.91 Å². The molecule has 134 valence electrons. The molecule has 0 aliphatic rings. The molecule has 0 radical (unpaired) electrons. The molecule has 4 N–H and O–H groups in total. The Labute approximate surface area is 154 Å². The van der Waals surface area contributed by atoms with E-state index in [1.807, 2.05) is 30.3 Å². The molecule has 4 rings (SSSR count). The summed E-state index contributed by atoms with van der Waals surface area (Å²) in [7, 11) is 0. The van der Waals surface area contributed by atoms with Crippen LogP contribution in [-0.4, -0.2) is 20.4 Å². The summed E-state index contributed by atoms with van der Waals surface area (Å²) in [6.45, 7) is 0.387. The van der Waals surface area contributed by atoms with Crippen molar-refractivity contribution in [3.05, 3.63) is 88.5 Å². The molecular formula is C20H17N5O2. The van der Waals surface area contributed by atoms with Crippen molar-refractivity contribution >= 4 is 28.4 Å². The monoisotopic (exact) mass is 359 g/mol. The lowest BCUT2D eigenvalue weighted by Crippen LogP contribution is -2.17. The van der Waals surface area contributed by atoms with Crippen LogP contribution in [0.1, 0.15) is 15.9 Å². The number of rotatable bonds is 4. The minimum absolute atomic E-state index is 0.218. The van der Waals surface area contributed by atoms with E-state index in [4.69, 9.17) is 5.73 Å². The van der Waals surface area contributed by atoms with Gasteiger partial charge in [-0.25, -0.2) is 9.78 Å². The van der Waals surface area contributed by atoms with Gasteiger partial charge in [0.2, 0.25) is 0 Å². The molecule has 4 aromatic rings. The number of anilines is 2. The number of aromatic nitrogens is 3. The van der Waals surface area contributed by atoms with Crippen LogP contribution >= 0.6 is 0 Å². The van der Waals surface area contributed by atoms with E-state index < -0.39 is 0 Å². The molecule has 2 heterocycles. The van der Waals surface area contributed by atoms with Gasteiger partial charge in [-0.15, -0.1) is 0 Å². The number of hydrogen-bond donors (Lipinski definition) is 3. The van der Waals surface area contributed by atoms with Gasteiger partial charge >= 0.3 is 5.69 Å². The molecule has 0 saturated heterocycles. The van der Waals surface area contributed by atoms with E-state index in [1.54, 1.807) is 41.1 Å². The van der Waals surface area contributed by atoms with E-state index in [9.17, 15) is 9.59 Å². The maximum atomic E-state index is 12.4. The normalized spacial score (nSPS) is 10.8. The van der Waals surface area contributed by atoms with Gasteiger partial charge in [-0.1, -0.05) is 24.3 Å². The van der Waals surface area contributed by atoms with Crippen molar-refractivity contribution in [2.75, 3.05) is 11.1 Å². The minimum atomic E-state index is -0.243. The van der Waals surface area contributed by atoms with Crippen LogP contribution < -0.4 is 16.7 Å². The second-order valence-corrected chi connectivity index (χ2v) is 6.13. The Morgan fingerprint density at radius 3 is 2.63 bits per heavy atom. The van der Waals surface area contributed by atoms with Crippen LogP contribution in [0.15, 0.2) is 71.7 Å². The molecule has 7 nitrogen and oxygen atoms in total. The molecule has 0 saturated carbocycles. The number of amides is 1. The van der Waals surface area contributed by atoms with E-state index in [0.717, 1.165) is 11.1 Å². The Balaban J connectivity index is 1.54. The van der Waals surface area contributed by atoms with Gasteiger partial charge in [-0.2, -0.15) is 0 Å². The average Bonchev–Trinajstić information content (AvgIpc) is 2.99. The smallest absolute Gasteiger partial charge is 0.327 e. The zero-order chi connectivity index (χ0) is 18.8. The van der Waals surface area contributed by atoms with Crippen molar-refractivity contribution in [2.45, 2.75) is 6.54 Å². The van der Waals surface area contributed by atoms with Crippen molar-refractivity contribution in [3.8, 4) is 0 Å². The summed E-state index contributed by atoms with van der Waals surface area (Å²) in [5.41, 5.74) is 9.42. The number of nitrogen functional groups attached to an aromatic ring is 1. The first kappa shape index (κ1) is 16.6. The molecule has 2 aromatic carbocycles. The van der Waals surface area contributed by atoms with Crippen molar-refractivity contribution in [3.63, 3.8) is 0 Å². The minimum Gasteiger partial charge on any atom is -0.397 e. The van der Waals surface area contributed by atoms with Crippen LogP contribution in [0.4, 0.5) is 11.4 Å². The van der Waals surface area contributed by atoms with Gasteiger partial charge in [-0.05, 0) is 42.0 Å². The van der Waals surface area contributed by atoms with Gasteiger partial charge in [-0.3, -0.25) is 14.3 Å². The van der Waals surface area contributed by atoms with Crippen LogP contribution in [-0.2, 0) is 6.54 Å². The first-order chi connectivity index (χ1) is 13.1. The number of carbonyl (C=O) groups excluding carboxylic acids is 1. The highest BCUT2D eigenvalue weighted by Crippen LogP contribution is 2.18. The number of H-pyrrole nitrogens is 1. The fourth-order valence-electron chi connectivity index (χ4n) is 2.90. The summed E-state index contributed by atoms with van der Waals surface area (Å²) in [5.74, 6) is -0.243. The summed E-state index contributed by atoms with van der Waals surface area (Å²) in [4.78, 5) is 31.4. The number of nitrogens with one attached hydrogen (secondary N) is 2. The third-order valence-corrected chi connectivity index (χ3v) is 4.31. The zero-order valence-corrected chi connectivity index (χ0v) is 14.3. The van der Waals surface area contributed by atoms with E-state index in [-0.39, 0.29) is 11.6 Å². The van der Waals surface area contributed by atoms with E-state index >= 15 is 0 Å². The Kier molecular flexibility index (Phi) is 4.18. The Morgan fingerprint density at radius 2 is 1.85 bits per heavy atom. The Morgan fingerprint density at radius 1 is 1.07 bits per heavy atom. The molecule has 27 heavy (non-hydrogen) atoms. The van der Waals surface area contributed by atoms with Crippen LogP contribution in [0.3, 0.4) is 0 Å². The van der Waals surface area contributed by atoms with Crippen LogP contribution in [0.25, 0.3) is 11.2 Å². The summed E-state index contributed by atoms with van der Waals surface area (Å²) in [5, 5.41) is 2.79. The van der Waals surface area contributed by atoms with Crippen LogP contribution in [0.5, 0.6) is 0 Å². The SMILES string of the molecule is Nc1ccccc1NC(=O)c1ccc(Cn2c(=O)[nH]c3ncccc32)cc1. The molecule has 0 bridgehead atoms. The average molecular weight is 359 g/mol. The molecule has 2 aromatic heterocycles. The van der Waals surface area contributed by atoms with Gasteiger partial charge in [0.05, 0.1) is 23.4 Å². The van der Waals surface area contributed by atoms with Crippen molar-refractivity contribution in [2.24, 2.45) is 0 Å². The number of nitrogens with two attached hydrogens (primary N) is 1. The summed E-state index contributed by atoms with van der Waals surface area (Å²) < 4.78 is 1.61. The summed E-state index contributed by atoms with van der Waals surface area (Å²) >= 11 is 0. The van der Waals surface area contributed by atoms with Gasteiger partial charge in [0, 0.05) is 11.8 Å². The fourth-order valence-corrected chi connectivity index (χ4v) is 2.90. The number of carbonyl (C=O) groups is 1. The number of fused-ring (bicyclic) bond motifs is 1. The highest BCUT2D eigenvalue weighted by Gasteiger charge is 2.10. The number of nitrogens with zero attached hydrogens (tertiary/aromatic N) is 2. The van der Waals surface area contributed by atoms with Crippen molar-refractivity contribution < 1.29 is 4.79 Å². The van der Waals surface area contributed by atoms with Crippen LogP contribution in [0.2, 0.25) is 0 Å². The fraction of sp³-hybridized carbons (Fsp3) is 0.0500. The maximum Gasteiger partial charge on any atom is 0.327 e. The summed E-state index contributed by atoms with van der Waals surface area (Å²) in [6.07, 6.45) is 1.63. The Hall–Kier alpha value is -3.87. The van der Waals surface area contributed by atoms with Gasteiger partial charge in [0.1, 0.15) is 0 Å². The largest absolute Gasteiger partial charge is 0.397 e. The Bertz CT molecular complexity index is 1170. The topological polar surface area (TPSA) is 106 Å². The number of pyridine rings is 1. The molecule has 0 aliphatic carbocycles. The summed E-state index contributed by atoms with van der Waals surface area (Å²) in [6, 6.07) is 17.8. The van der Waals surface area contributed by atoms with Crippen LogP contribution in [0, 0.1) is 0 Å². The number of para-hydroxylation sites is 2. The molecule has 0 fully saturated rings. The molecular weight excluding hydrogens is 342 g/mol. The lowest BCUT2D eigenvalue weighted by Gasteiger charge is -2.09. The number of hydrogen-bond acceptors (Lipinski definition) is 4. The highest BCUT2D eigenvalue weighted by atomic mass is 16.2. The van der Waals surface area contributed by atoms with Gasteiger partial charge < -0.3 is 11.1 Å². The third kappa shape index (κ3) is 3.30. The predicted octanol–water partition coefficient (Wildman–Crippen LogP) is 2.61. The first-order valence-corrected chi connectivity index (χ1v) is 8.40. The predicted molar refractivity (Wildman–Crippen MR) is 105 cm³/mol. The third-order valence-electron chi connectivity index (χ3n) is 4.31. The zero-order valence-electron chi connectivity index (χ0n) is 14.3. The van der Waals surface area contributed by atoms with Gasteiger partial charge in [0.15, 0.2) is 5.65 Å². The maximum absolute atomic E-state index is 12.4. The van der Waals surface area contributed by atoms with Crippen molar-refractivity contribution in [1.29, 1.82) is 0 Å². The molecule has 7 heteroatoms.